The Bertz CT molecular complexity index is 707. The summed E-state index contributed by atoms with van der Waals surface area (Å²) in [7, 11) is 0. The second kappa shape index (κ2) is 6.50. The van der Waals surface area contributed by atoms with Crippen molar-refractivity contribution in [2.45, 2.75) is 6.92 Å². The van der Waals surface area contributed by atoms with Crippen LogP contribution in [-0.2, 0) is 0 Å². The molecule has 1 aliphatic rings. The lowest BCUT2D eigenvalue weighted by molar-refractivity contribution is 0.270. The molecule has 116 valence electrons. The molecule has 0 spiro atoms. The summed E-state index contributed by atoms with van der Waals surface area (Å²) in [5, 5.41) is 0.599. The van der Waals surface area contributed by atoms with Crippen LogP contribution in [0.5, 0.6) is 0 Å². The molecule has 0 radical (unpaired) electrons. The van der Waals surface area contributed by atoms with Gasteiger partial charge in [-0.05, 0) is 12.6 Å². The minimum atomic E-state index is -0.155. The molecular weight excluding hydrogens is 300 g/mol. The van der Waals surface area contributed by atoms with Gasteiger partial charge in [-0.15, -0.1) is 0 Å². The predicted octanol–water partition coefficient (Wildman–Crippen LogP) is 2.23. The molecule has 2 aromatic rings. The van der Waals surface area contributed by atoms with E-state index in [0.717, 1.165) is 38.3 Å². The van der Waals surface area contributed by atoms with Gasteiger partial charge in [0.1, 0.15) is 0 Å². The van der Waals surface area contributed by atoms with E-state index in [9.17, 15) is 4.79 Å². The molecule has 1 fully saturated rings. The summed E-state index contributed by atoms with van der Waals surface area (Å²) in [5.74, 6) is 0.623. The molecule has 0 bridgehead atoms. The number of H-pyrrole nitrogens is 1. The number of nitrogens with zero attached hydrogens (tertiary/aromatic N) is 3. The lowest BCUT2D eigenvalue weighted by Gasteiger charge is -2.34. The third kappa shape index (κ3) is 3.15. The lowest BCUT2D eigenvalue weighted by Crippen LogP contribution is -2.47. The molecule has 0 amide bonds. The summed E-state index contributed by atoms with van der Waals surface area (Å²) in [6.45, 7) is 6.91. The predicted molar refractivity (Wildman–Crippen MR) is 89.6 cm³/mol. The van der Waals surface area contributed by atoms with Crippen LogP contribution in [0.4, 0.5) is 5.95 Å². The monoisotopic (exact) mass is 318 g/mol. The van der Waals surface area contributed by atoms with Crippen LogP contribution in [0.3, 0.4) is 0 Å². The van der Waals surface area contributed by atoms with Crippen LogP contribution < -0.4 is 10.5 Å². The lowest BCUT2D eigenvalue weighted by atomic mass is 10.1. The molecule has 0 aliphatic carbocycles. The minimum absolute atomic E-state index is 0.155. The Morgan fingerprint density at radius 1 is 1.23 bits per heavy atom. The average molecular weight is 319 g/mol. The number of piperazine rings is 1. The van der Waals surface area contributed by atoms with Gasteiger partial charge in [-0.1, -0.05) is 36.7 Å². The summed E-state index contributed by atoms with van der Waals surface area (Å²) in [6, 6.07) is 8.93. The fourth-order valence-corrected chi connectivity index (χ4v) is 2.91. The van der Waals surface area contributed by atoms with E-state index in [1.165, 1.54) is 6.07 Å². The third-order valence-electron chi connectivity index (χ3n) is 4.00. The van der Waals surface area contributed by atoms with E-state index in [0.29, 0.717) is 16.7 Å². The number of rotatable bonds is 3. The van der Waals surface area contributed by atoms with Gasteiger partial charge in [0.25, 0.3) is 5.56 Å². The Morgan fingerprint density at radius 2 is 1.95 bits per heavy atom. The molecule has 22 heavy (non-hydrogen) atoms. The Morgan fingerprint density at radius 3 is 2.64 bits per heavy atom. The van der Waals surface area contributed by atoms with Gasteiger partial charge in [-0.2, -0.15) is 0 Å². The fraction of sp³-hybridized carbons (Fsp3) is 0.375. The van der Waals surface area contributed by atoms with Crippen molar-refractivity contribution in [2.75, 3.05) is 37.6 Å². The van der Waals surface area contributed by atoms with Crippen molar-refractivity contribution in [1.29, 1.82) is 0 Å². The van der Waals surface area contributed by atoms with Crippen molar-refractivity contribution in [3.63, 3.8) is 0 Å². The van der Waals surface area contributed by atoms with E-state index in [4.69, 9.17) is 11.6 Å². The molecule has 0 saturated carbocycles. The second-order valence-electron chi connectivity index (χ2n) is 5.36. The van der Waals surface area contributed by atoms with Crippen LogP contribution >= 0.6 is 11.6 Å². The van der Waals surface area contributed by atoms with Crippen LogP contribution in [0.15, 0.2) is 35.1 Å². The molecule has 1 aliphatic heterocycles. The molecular formula is C16H19ClN4O. The van der Waals surface area contributed by atoms with E-state index in [2.05, 4.69) is 26.7 Å². The zero-order valence-electron chi connectivity index (χ0n) is 12.6. The zero-order valence-corrected chi connectivity index (χ0v) is 13.3. The summed E-state index contributed by atoms with van der Waals surface area (Å²) in [5.41, 5.74) is 1.24. The van der Waals surface area contributed by atoms with Gasteiger partial charge >= 0.3 is 0 Å². The van der Waals surface area contributed by atoms with Gasteiger partial charge < -0.3 is 9.80 Å². The van der Waals surface area contributed by atoms with Gasteiger partial charge in [0, 0.05) is 42.8 Å². The molecule has 0 unspecified atom stereocenters. The van der Waals surface area contributed by atoms with Gasteiger partial charge in [0.15, 0.2) is 0 Å². The number of hydrogen-bond donors (Lipinski definition) is 1. The normalized spacial score (nSPS) is 16.0. The smallest absolute Gasteiger partial charge is 0.252 e. The maximum Gasteiger partial charge on any atom is 0.252 e. The van der Waals surface area contributed by atoms with E-state index in [-0.39, 0.29) is 5.56 Å². The average Bonchev–Trinajstić information content (AvgIpc) is 2.55. The number of likely N-dealkylation sites (N-methyl/N-ethyl adjacent to an activating group) is 1. The van der Waals surface area contributed by atoms with Crippen LogP contribution in [0.1, 0.15) is 6.92 Å². The molecule has 2 heterocycles. The topological polar surface area (TPSA) is 52.2 Å². The molecule has 1 aromatic carbocycles. The first-order valence-electron chi connectivity index (χ1n) is 7.51. The summed E-state index contributed by atoms with van der Waals surface area (Å²) >= 11 is 6.21. The molecule has 1 N–H and O–H groups in total. The number of nitrogens with one attached hydrogen (secondary N) is 1. The van der Waals surface area contributed by atoms with Crippen LogP contribution in [0.2, 0.25) is 5.02 Å². The number of hydrogen-bond acceptors (Lipinski definition) is 4. The summed E-state index contributed by atoms with van der Waals surface area (Å²) in [6.07, 6.45) is 0. The second-order valence-corrected chi connectivity index (χ2v) is 5.76. The van der Waals surface area contributed by atoms with E-state index >= 15 is 0 Å². The van der Waals surface area contributed by atoms with Gasteiger partial charge in [-0.25, -0.2) is 4.98 Å². The van der Waals surface area contributed by atoms with Crippen molar-refractivity contribution in [3.05, 3.63) is 45.7 Å². The first-order valence-corrected chi connectivity index (χ1v) is 7.88. The number of benzene rings is 1. The van der Waals surface area contributed by atoms with E-state index < -0.39 is 0 Å². The minimum Gasteiger partial charge on any atom is -0.340 e. The highest BCUT2D eigenvalue weighted by Gasteiger charge is 2.18. The molecule has 1 saturated heterocycles. The van der Waals surface area contributed by atoms with Gasteiger partial charge in [0.2, 0.25) is 5.95 Å². The van der Waals surface area contributed by atoms with Crippen molar-refractivity contribution in [3.8, 4) is 11.3 Å². The van der Waals surface area contributed by atoms with Crippen molar-refractivity contribution in [1.82, 2.24) is 14.9 Å². The van der Waals surface area contributed by atoms with Crippen molar-refractivity contribution in [2.24, 2.45) is 0 Å². The number of aromatic amines is 1. The van der Waals surface area contributed by atoms with Crippen LogP contribution in [-0.4, -0.2) is 47.6 Å². The van der Waals surface area contributed by atoms with E-state index in [1.54, 1.807) is 6.07 Å². The number of aromatic nitrogens is 2. The standard InChI is InChI=1S/C16H19ClN4O/c1-2-20-7-9-21(10-8-20)16-18-14(11-15(22)19-16)12-5-3-4-6-13(12)17/h3-6,11H,2,7-10H2,1H3,(H,18,19,22). The first-order chi connectivity index (χ1) is 10.7. The maximum absolute atomic E-state index is 12.0. The maximum atomic E-state index is 12.0. The fourth-order valence-electron chi connectivity index (χ4n) is 2.68. The largest absolute Gasteiger partial charge is 0.340 e. The van der Waals surface area contributed by atoms with Gasteiger partial charge in [0.05, 0.1) is 5.69 Å². The van der Waals surface area contributed by atoms with Crippen molar-refractivity contribution < 1.29 is 0 Å². The Labute approximate surface area is 134 Å². The molecule has 3 rings (SSSR count). The van der Waals surface area contributed by atoms with Crippen molar-refractivity contribution >= 4 is 17.5 Å². The Balaban J connectivity index is 1.91. The summed E-state index contributed by atoms with van der Waals surface area (Å²) in [4.78, 5) is 23.9. The molecule has 0 atom stereocenters. The Hall–Kier alpha value is -1.85. The van der Waals surface area contributed by atoms with Crippen LogP contribution in [0.25, 0.3) is 11.3 Å². The zero-order chi connectivity index (χ0) is 15.5. The Kier molecular flexibility index (Phi) is 4.45. The number of halogens is 1. The third-order valence-corrected chi connectivity index (χ3v) is 4.33. The SMILES string of the molecule is CCN1CCN(c2nc(-c3ccccc3Cl)cc(=O)[nH]2)CC1. The molecule has 6 heteroatoms. The highest BCUT2D eigenvalue weighted by molar-refractivity contribution is 6.33. The van der Waals surface area contributed by atoms with E-state index in [1.807, 2.05) is 18.2 Å². The highest BCUT2D eigenvalue weighted by atomic mass is 35.5. The molecule has 1 aromatic heterocycles. The molecule has 5 nitrogen and oxygen atoms in total. The summed E-state index contributed by atoms with van der Waals surface area (Å²) < 4.78 is 0. The van der Waals surface area contributed by atoms with Crippen LogP contribution in [0, 0.1) is 0 Å². The first kappa shape index (κ1) is 15.1. The number of anilines is 1. The van der Waals surface area contributed by atoms with Gasteiger partial charge in [-0.3, -0.25) is 9.78 Å². The quantitative estimate of drug-likeness (QED) is 0.943. The highest BCUT2D eigenvalue weighted by Crippen LogP contribution is 2.26.